The molecule has 2 fully saturated rings. The first-order chi connectivity index (χ1) is 13.7. The third-order valence-corrected chi connectivity index (χ3v) is 6.02. The second-order valence-corrected chi connectivity index (χ2v) is 8.08. The van der Waals surface area contributed by atoms with Crippen molar-refractivity contribution >= 4 is 17.5 Å². The van der Waals surface area contributed by atoms with Crippen LogP contribution in [0, 0.1) is 5.92 Å². The van der Waals surface area contributed by atoms with Gasteiger partial charge in [0.05, 0.1) is 13.2 Å². The number of halogens is 1. The molecule has 28 heavy (non-hydrogen) atoms. The summed E-state index contributed by atoms with van der Waals surface area (Å²) in [6.07, 6.45) is 3.08. The van der Waals surface area contributed by atoms with Gasteiger partial charge in [-0.05, 0) is 54.5 Å². The van der Waals surface area contributed by atoms with Crippen molar-refractivity contribution in [1.29, 1.82) is 0 Å². The van der Waals surface area contributed by atoms with E-state index in [0.717, 1.165) is 47.8 Å². The van der Waals surface area contributed by atoms with Crippen LogP contribution in [0.2, 0.25) is 5.02 Å². The minimum absolute atomic E-state index is 0.00640. The summed E-state index contributed by atoms with van der Waals surface area (Å²) in [5, 5.41) is 0.751. The molecule has 0 radical (unpaired) electrons. The Morgan fingerprint density at radius 2 is 2.11 bits per heavy atom. The van der Waals surface area contributed by atoms with Gasteiger partial charge < -0.3 is 14.4 Å². The molecule has 2 aromatic carbocycles. The highest BCUT2D eigenvalue weighted by molar-refractivity contribution is 6.31. The average molecular weight is 400 g/mol. The fraction of sp³-hybridized carbons (Fsp3) is 0.435. The molecule has 148 valence electrons. The largest absolute Gasteiger partial charge is 0.497 e. The standard InChI is InChI=1S/C23H26ClNO3/c1-27-17-7-4-6-16(12-17)14-25(15-18-8-5-11-28-18)23(26)21-13-20(21)19-9-2-3-10-22(19)24/h2-4,6-7,9-10,12,18,20-21H,5,8,11,13-15H2,1H3. The van der Waals surface area contributed by atoms with Gasteiger partial charge >= 0.3 is 0 Å². The molecular weight excluding hydrogens is 374 g/mol. The van der Waals surface area contributed by atoms with E-state index in [1.165, 1.54) is 0 Å². The molecule has 3 unspecified atom stereocenters. The van der Waals surface area contributed by atoms with Gasteiger partial charge in [-0.1, -0.05) is 41.9 Å². The number of amides is 1. The fourth-order valence-electron chi connectivity index (χ4n) is 4.08. The molecule has 1 heterocycles. The molecular formula is C23H26ClNO3. The van der Waals surface area contributed by atoms with E-state index in [9.17, 15) is 4.79 Å². The zero-order valence-corrected chi connectivity index (χ0v) is 16.9. The third kappa shape index (κ3) is 4.34. The van der Waals surface area contributed by atoms with E-state index in [0.29, 0.717) is 13.1 Å². The lowest BCUT2D eigenvalue weighted by molar-refractivity contribution is -0.135. The van der Waals surface area contributed by atoms with Crippen LogP contribution in [-0.4, -0.2) is 37.2 Å². The Bertz CT molecular complexity index is 834. The van der Waals surface area contributed by atoms with Gasteiger partial charge in [-0.2, -0.15) is 0 Å². The molecule has 2 aromatic rings. The smallest absolute Gasteiger partial charge is 0.226 e. The van der Waals surface area contributed by atoms with Gasteiger partial charge in [0, 0.05) is 30.6 Å². The molecule has 1 saturated heterocycles. The molecule has 1 amide bonds. The van der Waals surface area contributed by atoms with E-state index in [2.05, 4.69) is 0 Å². The number of hydrogen-bond acceptors (Lipinski definition) is 3. The van der Waals surface area contributed by atoms with Crippen LogP contribution in [0.1, 0.15) is 36.3 Å². The molecule has 0 aromatic heterocycles. The molecule has 0 N–H and O–H groups in total. The fourth-order valence-corrected chi connectivity index (χ4v) is 4.36. The minimum Gasteiger partial charge on any atom is -0.497 e. The van der Waals surface area contributed by atoms with Gasteiger partial charge in [0.15, 0.2) is 0 Å². The Labute approximate surface area is 171 Å². The van der Waals surface area contributed by atoms with Gasteiger partial charge in [0.1, 0.15) is 5.75 Å². The lowest BCUT2D eigenvalue weighted by Crippen LogP contribution is -2.38. The van der Waals surface area contributed by atoms with Crippen molar-refractivity contribution in [3.63, 3.8) is 0 Å². The first-order valence-corrected chi connectivity index (χ1v) is 10.3. The van der Waals surface area contributed by atoms with E-state index in [-0.39, 0.29) is 23.8 Å². The SMILES string of the molecule is COc1cccc(CN(CC2CCCO2)C(=O)C2CC2c2ccccc2Cl)c1. The van der Waals surface area contributed by atoms with E-state index in [1.807, 2.05) is 53.4 Å². The van der Waals surface area contributed by atoms with E-state index in [1.54, 1.807) is 7.11 Å². The van der Waals surface area contributed by atoms with Crippen molar-refractivity contribution in [3.05, 3.63) is 64.7 Å². The predicted molar refractivity (Wildman–Crippen MR) is 110 cm³/mol. The molecule has 1 saturated carbocycles. The van der Waals surface area contributed by atoms with Crippen LogP contribution in [0.4, 0.5) is 0 Å². The van der Waals surface area contributed by atoms with E-state index < -0.39 is 0 Å². The number of nitrogens with zero attached hydrogens (tertiary/aromatic N) is 1. The quantitative estimate of drug-likeness (QED) is 0.679. The highest BCUT2D eigenvalue weighted by Gasteiger charge is 2.46. The summed E-state index contributed by atoms with van der Waals surface area (Å²) in [6.45, 7) is 2.00. The van der Waals surface area contributed by atoms with Crippen molar-refractivity contribution in [1.82, 2.24) is 4.90 Å². The van der Waals surface area contributed by atoms with Crippen molar-refractivity contribution in [2.75, 3.05) is 20.3 Å². The summed E-state index contributed by atoms with van der Waals surface area (Å²) in [5.74, 6) is 1.23. The molecule has 2 aliphatic rings. The second-order valence-electron chi connectivity index (χ2n) is 7.68. The summed E-state index contributed by atoms with van der Waals surface area (Å²) in [7, 11) is 1.66. The summed E-state index contributed by atoms with van der Waals surface area (Å²) in [4.78, 5) is 15.3. The maximum atomic E-state index is 13.3. The number of hydrogen-bond donors (Lipinski definition) is 0. The number of methoxy groups -OCH3 is 1. The van der Waals surface area contributed by atoms with Crippen molar-refractivity contribution in [2.45, 2.75) is 37.8 Å². The summed E-state index contributed by atoms with van der Waals surface area (Å²) >= 11 is 6.35. The highest BCUT2D eigenvalue weighted by atomic mass is 35.5. The Balaban J connectivity index is 1.49. The predicted octanol–water partition coefficient (Wildman–Crippen LogP) is 4.66. The number of benzene rings is 2. The number of carbonyl (C=O) groups excluding carboxylic acids is 1. The van der Waals surface area contributed by atoms with Crippen molar-refractivity contribution in [2.24, 2.45) is 5.92 Å². The van der Waals surface area contributed by atoms with Gasteiger partial charge in [0.2, 0.25) is 5.91 Å². The van der Waals surface area contributed by atoms with Crippen LogP contribution in [0.15, 0.2) is 48.5 Å². The molecule has 0 bridgehead atoms. The molecule has 4 rings (SSSR count). The maximum absolute atomic E-state index is 13.3. The van der Waals surface area contributed by atoms with Crippen LogP contribution in [0.5, 0.6) is 5.75 Å². The van der Waals surface area contributed by atoms with Crippen molar-refractivity contribution < 1.29 is 14.3 Å². The molecule has 5 heteroatoms. The summed E-state index contributed by atoms with van der Waals surface area (Å²) < 4.78 is 11.1. The van der Waals surface area contributed by atoms with Crippen LogP contribution in [0.3, 0.4) is 0 Å². The first kappa shape index (κ1) is 19.3. The Kier molecular flexibility index (Phi) is 5.88. The summed E-state index contributed by atoms with van der Waals surface area (Å²) in [6, 6.07) is 15.8. The number of ether oxygens (including phenoxy) is 2. The van der Waals surface area contributed by atoms with E-state index in [4.69, 9.17) is 21.1 Å². The molecule has 0 spiro atoms. The molecule has 4 nitrogen and oxygen atoms in total. The van der Waals surface area contributed by atoms with Crippen LogP contribution in [0.25, 0.3) is 0 Å². The van der Waals surface area contributed by atoms with Gasteiger partial charge in [0.25, 0.3) is 0 Å². The second kappa shape index (κ2) is 8.54. The monoisotopic (exact) mass is 399 g/mol. The van der Waals surface area contributed by atoms with E-state index >= 15 is 0 Å². The minimum atomic E-state index is 0.00640. The first-order valence-electron chi connectivity index (χ1n) is 9.93. The normalized spacial score (nSPS) is 23.4. The molecule has 3 atom stereocenters. The molecule has 1 aliphatic carbocycles. The number of carbonyl (C=O) groups is 1. The average Bonchev–Trinajstić information content (AvgIpc) is 3.34. The lowest BCUT2D eigenvalue weighted by atomic mass is 10.1. The van der Waals surface area contributed by atoms with Gasteiger partial charge in [-0.25, -0.2) is 0 Å². The number of rotatable bonds is 7. The highest BCUT2D eigenvalue weighted by Crippen LogP contribution is 2.50. The van der Waals surface area contributed by atoms with Crippen LogP contribution in [-0.2, 0) is 16.1 Å². The van der Waals surface area contributed by atoms with Crippen molar-refractivity contribution in [3.8, 4) is 5.75 Å². The van der Waals surface area contributed by atoms with Crippen LogP contribution < -0.4 is 4.74 Å². The topological polar surface area (TPSA) is 38.8 Å². The lowest BCUT2D eigenvalue weighted by Gasteiger charge is -2.26. The zero-order valence-electron chi connectivity index (χ0n) is 16.1. The third-order valence-electron chi connectivity index (χ3n) is 5.68. The van der Waals surface area contributed by atoms with Gasteiger partial charge in [-0.3, -0.25) is 4.79 Å². The maximum Gasteiger partial charge on any atom is 0.226 e. The van der Waals surface area contributed by atoms with Crippen LogP contribution >= 0.6 is 11.6 Å². The molecule has 1 aliphatic heterocycles. The Morgan fingerprint density at radius 1 is 1.25 bits per heavy atom. The van der Waals surface area contributed by atoms with Gasteiger partial charge in [-0.15, -0.1) is 0 Å². The zero-order chi connectivity index (χ0) is 19.5. The summed E-state index contributed by atoms with van der Waals surface area (Å²) in [5.41, 5.74) is 2.15. The Morgan fingerprint density at radius 3 is 2.86 bits per heavy atom. The Hall–Kier alpha value is -2.04.